The van der Waals surface area contributed by atoms with E-state index in [1.807, 2.05) is 25.1 Å². The van der Waals surface area contributed by atoms with Gasteiger partial charge in [0.05, 0.1) is 6.61 Å². The summed E-state index contributed by atoms with van der Waals surface area (Å²) in [5, 5.41) is 0.996. The Bertz CT molecular complexity index is 640. The van der Waals surface area contributed by atoms with Gasteiger partial charge in [-0.1, -0.05) is 26.7 Å². The molecule has 0 saturated carbocycles. The predicted octanol–water partition coefficient (Wildman–Crippen LogP) is 4.23. The maximum Gasteiger partial charge on any atom is 0.339 e. The first-order chi connectivity index (χ1) is 9.67. The van der Waals surface area contributed by atoms with Gasteiger partial charge in [0, 0.05) is 17.0 Å². The molecular weight excluding hydrogens is 252 g/mol. The minimum absolute atomic E-state index is 0.220. The highest BCUT2D eigenvalue weighted by Crippen LogP contribution is 2.24. The van der Waals surface area contributed by atoms with Gasteiger partial charge in [0.2, 0.25) is 0 Å². The van der Waals surface area contributed by atoms with Gasteiger partial charge in [-0.2, -0.15) is 0 Å². The molecule has 0 spiro atoms. The van der Waals surface area contributed by atoms with E-state index >= 15 is 0 Å². The van der Waals surface area contributed by atoms with Crippen LogP contribution in [0.1, 0.15) is 44.2 Å². The molecule has 0 aliphatic rings. The van der Waals surface area contributed by atoms with E-state index in [1.165, 1.54) is 0 Å². The average Bonchev–Trinajstić information content (AvgIpc) is 2.43. The molecule has 1 aromatic carbocycles. The highest BCUT2D eigenvalue weighted by molar-refractivity contribution is 5.82. The number of rotatable bonds is 6. The Morgan fingerprint density at radius 1 is 1.20 bits per heavy atom. The second kappa shape index (κ2) is 6.60. The van der Waals surface area contributed by atoms with Gasteiger partial charge >= 0.3 is 5.63 Å². The molecule has 0 amide bonds. The maximum atomic E-state index is 12.0. The lowest BCUT2D eigenvalue weighted by Gasteiger charge is -2.09. The molecule has 0 aliphatic carbocycles. The van der Waals surface area contributed by atoms with E-state index in [1.54, 1.807) is 0 Å². The molecule has 2 aromatic rings. The van der Waals surface area contributed by atoms with Crippen LogP contribution in [0.5, 0.6) is 5.75 Å². The van der Waals surface area contributed by atoms with E-state index in [0.29, 0.717) is 12.2 Å². The summed E-state index contributed by atoms with van der Waals surface area (Å²) in [5.41, 5.74) is 2.21. The van der Waals surface area contributed by atoms with Crippen molar-refractivity contribution < 1.29 is 9.15 Å². The van der Waals surface area contributed by atoms with Gasteiger partial charge in [0.15, 0.2) is 0 Å². The van der Waals surface area contributed by atoms with Crippen LogP contribution in [0.2, 0.25) is 0 Å². The Kier molecular flexibility index (Phi) is 4.83. The van der Waals surface area contributed by atoms with Crippen molar-refractivity contribution in [3.8, 4) is 5.75 Å². The van der Waals surface area contributed by atoms with Crippen molar-refractivity contribution in [1.29, 1.82) is 0 Å². The zero-order chi connectivity index (χ0) is 14.5. The molecule has 3 nitrogen and oxygen atoms in total. The summed E-state index contributed by atoms with van der Waals surface area (Å²) < 4.78 is 11.1. The normalized spacial score (nSPS) is 10.9. The highest BCUT2D eigenvalue weighted by atomic mass is 16.5. The molecule has 0 atom stereocenters. The lowest BCUT2D eigenvalue weighted by molar-refractivity contribution is 0.309. The molecule has 0 bridgehead atoms. The van der Waals surface area contributed by atoms with Gasteiger partial charge in [-0.05, 0) is 37.5 Å². The third kappa shape index (κ3) is 3.03. The average molecular weight is 274 g/mol. The topological polar surface area (TPSA) is 39.4 Å². The Labute approximate surface area is 119 Å². The second-order valence-corrected chi connectivity index (χ2v) is 5.10. The van der Waals surface area contributed by atoms with Crippen LogP contribution in [-0.4, -0.2) is 6.61 Å². The van der Waals surface area contributed by atoms with Crippen LogP contribution in [0.4, 0.5) is 0 Å². The summed E-state index contributed by atoms with van der Waals surface area (Å²) in [5.74, 6) is 0.761. The van der Waals surface area contributed by atoms with Crippen LogP contribution >= 0.6 is 0 Å². The molecule has 3 heteroatoms. The third-order valence-corrected chi connectivity index (χ3v) is 3.53. The fourth-order valence-corrected chi connectivity index (χ4v) is 2.34. The predicted molar refractivity (Wildman–Crippen MR) is 81.6 cm³/mol. The quantitative estimate of drug-likeness (QED) is 0.584. The van der Waals surface area contributed by atoms with Crippen molar-refractivity contribution in [2.45, 2.75) is 46.5 Å². The molecule has 1 aromatic heterocycles. The van der Waals surface area contributed by atoms with E-state index in [4.69, 9.17) is 9.15 Å². The lowest BCUT2D eigenvalue weighted by atomic mass is 10.0. The zero-order valence-electron chi connectivity index (χ0n) is 12.5. The molecule has 0 fully saturated rings. The Balaban J connectivity index is 2.39. The smallest absolute Gasteiger partial charge is 0.339 e. The largest absolute Gasteiger partial charge is 0.493 e. The molecular formula is C17H22O3. The van der Waals surface area contributed by atoms with Crippen molar-refractivity contribution in [3.05, 3.63) is 39.7 Å². The SMILES string of the molecule is CCCCOc1ccc2c(C)c(CCC)c(=O)oc2c1. The molecule has 0 N–H and O–H groups in total. The van der Waals surface area contributed by atoms with E-state index in [0.717, 1.165) is 47.9 Å². The molecule has 1 heterocycles. The van der Waals surface area contributed by atoms with Crippen LogP contribution in [0.25, 0.3) is 11.0 Å². The van der Waals surface area contributed by atoms with Gasteiger partial charge in [-0.15, -0.1) is 0 Å². The van der Waals surface area contributed by atoms with Crippen LogP contribution in [0, 0.1) is 6.92 Å². The molecule has 20 heavy (non-hydrogen) atoms. The first-order valence-corrected chi connectivity index (χ1v) is 7.36. The molecule has 2 rings (SSSR count). The van der Waals surface area contributed by atoms with Gasteiger partial charge < -0.3 is 9.15 Å². The monoisotopic (exact) mass is 274 g/mol. The molecule has 0 aliphatic heterocycles. The van der Waals surface area contributed by atoms with Crippen LogP contribution in [0.3, 0.4) is 0 Å². The first kappa shape index (κ1) is 14.6. The third-order valence-electron chi connectivity index (χ3n) is 3.53. The molecule has 0 radical (unpaired) electrons. The van der Waals surface area contributed by atoms with Crippen molar-refractivity contribution in [3.63, 3.8) is 0 Å². The van der Waals surface area contributed by atoms with Crippen LogP contribution in [-0.2, 0) is 6.42 Å². The van der Waals surface area contributed by atoms with E-state index < -0.39 is 0 Å². The summed E-state index contributed by atoms with van der Waals surface area (Å²) in [6.45, 7) is 6.87. The van der Waals surface area contributed by atoms with E-state index in [-0.39, 0.29) is 5.63 Å². The van der Waals surface area contributed by atoms with Gasteiger partial charge in [0.25, 0.3) is 0 Å². The van der Waals surface area contributed by atoms with Crippen LogP contribution in [0.15, 0.2) is 27.4 Å². The fourth-order valence-electron chi connectivity index (χ4n) is 2.34. The Morgan fingerprint density at radius 3 is 2.70 bits per heavy atom. The molecule has 0 saturated heterocycles. The minimum atomic E-state index is -0.220. The summed E-state index contributed by atoms with van der Waals surface area (Å²) >= 11 is 0. The van der Waals surface area contributed by atoms with E-state index in [9.17, 15) is 4.79 Å². The molecule has 108 valence electrons. The summed E-state index contributed by atoms with van der Waals surface area (Å²) in [7, 11) is 0. The van der Waals surface area contributed by atoms with Crippen molar-refractivity contribution in [2.24, 2.45) is 0 Å². The van der Waals surface area contributed by atoms with Crippen LogP contribution < -0.4 is 10.4 Å². The Morgan fingerprint density at radius 2 is 2.00 bits per heavy atom. The van der Waals surface area contributed by atoms with Crippen molar-refractivity contribution in [2.75, 3.05) is 6.61 Å². The summed E-state index contributed by atoms with van der Waals surface area (Å²) in [4.78, 5) is 12.0. The van der Waals surface area contributed by atoms with Gasteiger partial charge in [-0.3, -0.25) is 0 Å². The number of hydrogen-bond donors (Lipinski definition) is 0. The number of ether oxygens (including phenoxy) is 1. The van der Waals surface area contributed by atoms with Gasteiger partial charge in [0.1, 0.15) is 11.3 Å². The molecule has 0 unspecified atom stereocenters. The standard InChI is InChI=1S/C17H22O3/c1-4-6-10-19-13-8-9-14-12(3)15(7-5-2)17(18)20-16(14)11-13/h8-9,11H,4-7,10H2,1-3H3. The number of benzene rings is 1. The number of hydrogen-bond acceptors (Lipinski definition) is 3. The zero-order valence-corrected chi connectivity index (χ0v) is 12.5. The second-order valence-electron chi connectivity index (χ2n) is 5.10. The number of unbranched alkanes of at least 4 members (excludes halogenated alkanes) is 1. The number of aryl methyl sites for hydroxylation is 1. The minimum Gasteiger partial charge on any atom is -0.493 e. The summed E-state index contributed by atoms with van der Waals surface area (Å²) in [6.07, 6.45) is 3.83. The highest BCUT2D eigenvalue weighted by Gasteiger charge is 2.11. The summed E-state index contributed by atoms with van der Waals surface area (Å²) in [6, 6.07) is 5.74. The van der Waals surface area contributed by atoms with Crippen molar-refractivity contribution in [1.82, 2.24) is 0 Å². The maximum absolute atomic E-state index is 12.0. The Hall–Kier alpha value is -1.77. The number of fused-ring (bicyclic) bond motifs is 1. The van der Waals surface area contributed by atoms with Gasteiger partial charge in [-0.25, -0.2) is 4.79 Å². The first-order valence-electron chi connectivity index (χ1n) is 7.36. The fraction of sp³-hybridized carbons (Fsp3) is 0.471. The van der Waals surface area contributed by atoms with E-state index in [2.05, 4.69) is 13.8 Å². The lowest BCUT2D eigenvalue weighted by Crippen LogP contribution is -2.10. The van der Waals surface area contributed by atoms with Crippen molar-refractivity contribution >= 4 is 11.0 Å².